The van der Waals surface area contributed by atoms with Crippen molar-refractivity contribution in [1.82, 2.24) is 0 Å². The molecular formula is C19H30NO3. The third-order valence-electron chi connectivity index (χ3n) is 3.59. The van der Waals surface area contributed by atoms with Crippen LogP contribution in [0.3, 0.4) is 0 Å². The smallest absolute Gasteiger partial charge is 0.238 e. The van der Waals surface area contributed by atoms with E-state index >= 15 is 0 Å². The van der Waals surface area contributed by atoms with Gasteiger partial charge in [-0.05, 0) is 25.0 Å². The molecule has 0 N–H and O–H groups in total. The minimum Gasteiger partial charge on any atom is -0.493 e. The Bertz CT molecular complexity index is 423. The van der Waals surface area contributed by atoms with Gasteiger partial charge in [0, 0.05) is 12.1 Å². The fraction of sp³-hybridized carbons (Fsp3) is 0.632. The van der Waals surface area contributed by atoms with Gasteiger partial charge in [-0.25, -0.2) is 0 Å². The Hall–Kier alpha value is -1.55. The molecular weight excluding hydrogens is 290 g/mol. The molecule has 0 spiro atoms. The first-order valence-corrected chi connectivity index (χ1v) is 8.83. The molecule has 1 amide bonds. The van der Waals surface area contributed by atoms with E-state index in [1.54, 1.807) is 18.2 Å². The normalized spacial score (nSPS) is 10.5. The summed E-state index contributed by atoms with van der Waals surface area (Å²) in [6.07, 6.45) is 10.0. The molecule has 1 aromatic rings. The molecule has 0 bridgehead atoms. The van der Waals surface area contributed by atoms with Crippen LogP contribution in [-0.4, -0.2) is 19.6 Å². The van der Waals surface area contributed by atoms with Crippen LogP contribution in [0.25, 0.3) is 0 Å². The highest BCUT2D eigenvalue weighted by molar-refractivity contribution is 5.72. The molecule has 4 heteroatoms. The maximum atomic E-state index is 11.1. The summed E-state index contributed by atoms with van der Waals surface area (Å²) in [7, 11) is 0. The number of carbonyl (C=O) groups excluding carboxylic acids is 1. The summed E-state index contributed by atoms with van der Waals surface area (Å²) in [4.78, 5) is 16.6. The zero-order valence-electron chi connectivity index (χ0n) is 14.6. The van der Waals surface area contributed by atoms with Crippen LogP contribution >= 0.6 is 0 Å². The van der Waals surface area contributed by atoms with E-state index in [-0.39, 0.29) is 0 Å². The molecule has 0 heterocycles. The summed E-state index contributed by atoms with van der Waals surface area (Å²) in [6, 6.07) is 8.38. The maximum absolute atomic E-state index is 11.1. The number of amides is 1. The highest BCUT2D eigenvalue weighted by Gasteiger charge is 2.07. The van der Waals surface area contributed by atoms with E-state index in [2.05, 4.69) is 19.9 Å². The number of hydrogen-bond acceptors (Lipinski definition) is 3. The second-order valence-electron chi connectivity index (χ2n) is 5.65. The molecule has 23 heavy (non-hydrogen) atoms. The SMILES string of the molecule is CCCCCCCCOc1[c]ccc(N(C=O)OCCCC)c1. The van der Waals surface area contributed by atoms with Crippen LogP contribution in [0.15, 0.2) is 18.2 Å². The zero-order valence-corrected chi connectivity index (χ0v) is 14.6. The summed E-state index contributed by atoms with van der Waals surface area (Å²) in [5.41, 5.74) is 0.674. The van der Waals surface area contributed by atoms with Gasteiger partial charge in [0.05, 0.1) is 18.9 Å². The molecule has 0 aliphatic carbocycles. The molecule has 0 saturated carbocycles. The number of benzene rings is 1. The summed E-state index contributed by atoms with van der Waals surface area (Å²) in [6.45, 7) is 5.52. The van der Waals surface area contributed by atoms with Gasteiger partial charge in [0.1, 0.15) is 5.75 Å². The van der Waals surface area contributed by atoms with Crippen molar-refractivity contribution in [3.05, 3.63) is 24.3 Å². The van der Waals surface area contributed by atoms with E-state index in [9.17, 15) is 4.79 Å². The standard InChI is InChI=1S/C19H30NO3/c1-3-5-7-8-9-10-14-22-19-13-11-12-18(16-19)20(17-21)23-15-6-4-2/h11-12,16-17H,3-10,14-15H2,1-2H3. The number of carbonyl (C=O) groups is 1. The lowest BCUT2D eigenvalue weighted by Crippen LogP contribution is -2.22. The quantitative estimate of drug-likeness (QED) is 0.277. The molecule has 129 valence electrons. The molecule has 0 aliphatic rings. The van der Waals surface area contributed by atoms with Gasteiger partial charge >= 0.3 is 0 Å². The summed E-state index contributed by atoms with van der Waals surface area (Å²) in [5, 5.41) is 1.25. The van der Waals surface area contributed by atoms with Gasteiger partial charge in [-0.2, -0.15) is 5.06 Å². The first-order chi connectivity index (χ1) is 11.3. The van der Waals surface area contributed by atoms with E-state index < -0.39 is 0 Å². The molecule has 0 atom stereocenters. The second kappa shape index (κ2) is 12.9. The Morgan fingerprint density at radius 2 is 1.78 bits per heavy atom. The molecule has 0 aliphatic heterocycles. The Labute approximate surface area is 140 Å². The lowest BCUT2D eigenvalue weighted by Gasteiger charge is -2.17. The fourth-order valence-electron chi connectivity index (χ4n) is 2.19. The van der Waals surface area contributed by atoms with Gasteiger partial charge in [0.15, 0.2) is 0 Å². The van der Waals surface area contributed by atoms with Crippen LogP contribution in [0.4, 0.5) is 5.69 Å². The number of hydrogen-bond donors (Lipinski definition) is 0. The molecule has 0 fully saturated rings. The van der Waals surface area contributed by atoms with E-state index in [1.165, 1.54) is 37.2 Å². The maximum Gasteiger partial charge on any atom is 0.238 e. The lowest BCUT2D eigenvalue weighted by atomic mass is 10.1. The minimum absolute atomic E-state index is 0.530. The third-order valence-corrected chi connectivity index (χ3v) is 3.59. The van der Waals surface area contributed by atoms with Gasteiger partial charge in [-0.3, -0.25) is 9.63 Å². The second-order valence-corrected chi connectivity index (χ2v) is 5.65. The van der Waals surface area contributed by atoms with Crippen molar-refractivity contribution < 1.29 is 14.4 Å². The lowest BCUT2D eigenvalue weighted by molar-refractivity contribution is -0.114. The van der Waals surface area contributed by atoms with E-state index in [0.717, 1.165) is 19.3 Å². The van der Waals surface area contributed by atoms with Crippen molar-refractivity contribution >= 4 is 12.1 Å². The molecule has 1 radical (unpaired) electrons. The van der Waals surface area contributed by atoms with Crippen LogP contribution in [0.5, 0.6) is 5.75 Å². The first kappa shape index (κ1) is 19.5. The molecule has 1 aromatic carbocycles. The number of unbranched alkanes of at least 4 members (excludes halogenated alkanes) is 6. The van der Waals surface area contributed by atoms with Crippen molar-refractivity contribution in [2.75, 3.05) is 18.3 Å². The number of ether oxygens (including phenoxy) is 1. The zero-order chi connectivity index (χ0) is 16.8. The molecule has 0 aromatic heterocycles. The number of rotatable bonds is 14. The molecule has 4 nitrogen and oxygen atoms in total. The van der Waals surface area contributed by atoms with E-state index in [0.29, 0.717) is 31.1 Å². The Morgan fingerprint density at radius 3 is 2.52 bits per heavy atom. The monoisotopic (exact) mass is 320 g/mol. The summed E-state index contributed by atoms with van der Waals surface area (Å²) in [5.74, 6) is 0.655. The third kappa shape index (κ3) is 8.60. The highest BCUT2D eigenvalue weighted by Crippen LogP contribution is 2.20. The van der Waals surface area contributed by atoms with Crippen molar-refractivity contribution in [3.8, 4) is 5.75 Å². The van der Waals surface area contributed by atoms with Crippen LogP contribution < -0.4 is 9.80 Å². The van der Waals surface area contributed by atoms with Gasteiger partial charge < -0.3 is 4.74 Å². The van der Waals surface area contributed by atoms with Gasteiger partial charge in [0.25, 0.3) is 0 Å². The van der Waals surface area contributed by atoms with Crippen molar-refractivity contribution in [3.63, 3.8) is 0 Å². The predicted molar refractivity (Wildman–Crippen MR) is 93.6 cm³/mol. The Balaban J connectivity index is 2.35. The topological polar surface area (TPSA) is 38.8 Å². The van der Waals surface area contributed by atoms with Crippen LogP contribution in [0.2, 0.25) is 0 Å². The summed E-state index contributed by atoms with van der Waals surface area (Å²) < 4.78 is 5.72. The van der Waals surface area contributed by atoms with E-state index in [4.69, 9.17) is 9.57 Å². The Kier molecular flexibility index (Phi) is 11.0. The van der Waals surface area contributed by atoms with Crippen molar-refractivity contribution in [1.29, 1.82) is 0 Å². The number of hydroxylamine groups is 1. The average molecular weight is 320 g/mol. The molecule has 0 unspecified atom stereocenters. The average Bonchev–Trinajstić information content (AvgIpc) is 2.58. The minimum atomic E-state index is 0.530. The Morgan fingerprint density at radius 1 is 1.04 bits per heavy atom. The van der Waals surface area contributed by atoms with Gasteiger partial charge in [-0.1, -0.05) is 52.4 Å². The van der Waals surface area contributed by atoms with Gasteiger partial charge in [0.2, 0.25) is 6.41 Å². The fourth-order valence-corrected chi connectivity index (χ4v) is 2.19. The number of nitrogens with zero attached hydrogens (tertiary/aromatic N) is 1. The van der Waals surface area contributed by atoms with Crippen LogP contribution in [0, 0.1) is 6.07 Å². The van der Waals surface area contributed by atoms with Crippen molar-refractivity contribution in [2.24, 2.45) is 0 Å². The number of anilines is 1. The van der Waals surface area contributed by atoms with E-state index in [1.807, 2.05) is 0 Å². The van der Waals surface area contributed by atoms with Gasteiger partial charge in [-0.15, -0.1) is 0 Å². The van der Waals surface area contributed by atoms with Crippen LogP contribution in [-0.2, 0) is 9.63 Å². The molecule has 1 rings (SSSR count). The van der Waals surface area contributed by atoms with Crippen molar-refractivity contribution in [2.45, 2.75) is 65.2 Å². The highest BCUT2D eigenvalue weighted by atomic mass is 16.7. The van der Waals surface area contributed by atoms with Crippen LogP contribution in [0.1, 0.15) is 65.2 Å². The predicted octanol–water partition coefficient (Wildman–Crippen LogP) is 4.92. The summed E-state index contributed by atoms with van der Waals surface area (Å²) >= 11 is 0. The largest absolute Gasteiger partial charge is 0.493 e. The first-order valence-electron chi connectivity index (χ1n) is 8.83. The molecule has 0 saturated heterocycles.